The van der Waals surface area contributed by atoms with Crippen LogP contribution in [0, 0.1) is 6.92 Å². The van der Waals surface area contributed by atoms with E-state index in [1.807, 2.05) is 24.6 Å². The number of halogens is 1. The summed E-state index contributed by atoms with van der Waals surface area (Å²) in [6.07, 6.45) is 4.21. The molecule has 0 unspecified atom stereocenters. The molecule has 2 N–H and O–H groups in total. The summed E-state index contributed by atoms with van der Waals surface area (Å²) in [5.41, 5.74) is 0. The minimum atomic E-state index is 0. The van der Waals surface area contributed by atoms with E-state index in [0.29, 0.717) is 12.6 Å². The number of hydrogen-bond donors (Lipinski definition) is 2. The number of rotatable bonds is 5. The molecule has 0 bridgehead atoms. The van der Waals surface area contributed by atoms with Gasteiger partial charge in [-0.15, -0.1) is 40.8 Å². The highest BCUT2D eigenvalue weighted by Crippen LogP contribution is 2.09. The summed E-state index contributed by atoms with van der Waals surface area (Å²) >= 11 is 0. The van der Waals surface area contributed by atoms with E-state index in [-0.39, 0.29) is 24.0 Å². The van der Waals surface area contributed by atoms with Gasteiger partial charge in [0.2, 0.25) is 0 Å². The first kappa shape index (κ1) is 19.9. The number of hydrogen-bond acceptors (Lipinski definition) is 4. The van der Waals surface area contributed by atoms with Crippen LogP contribution in [0.1, 0.15) is 24.5 Å². The Morgan fingerprint density at radius 2 is 2.09 bits per heavy atom. The van der Waals surface area contributed by atoms with Crippen LogP contribution in [0.2, 0.25) is 0 Å². The van der Waals surface area contributed by atoms with E-state index in [0.717, 1.165) is 50.1 Å². The third-order valence-electron chi connectivity index (χ3n) is 4.14. The summed E-state index contributed by atoms with van der Waals surface area (Å²) in [5.74, 6) is 2.64. The van der Waals surface area contributed by atoms with Gasteiger partial charge in [-0.3, -0.25) is 9.89 Å². The van der Waals surface area contributed by atoms with Crippen molar-refractivity contribution in [2.24, 2.45) is 12.0 Å². The molecule has 1 aliphatic heterocycles. The van der Waals surface area contributed by atoms with Gasteiger partial charge in [-0.05, 0) is 19.8 Å². The number of aromatic nitrogens is 3. The van der Waals surface area contributed by atoms with Gasteiger partial charge < -0.3 is 15.2 Å². The number of likely N-dealkylation sites (tertiary alicyclic amines) is 1. The van der Waals surface area contributed by atoms with Crippen LogP contribution in [0.5, 0.6) is 0 Å². The number of aliphatic imine (C=N–C) groups is 1. The zero-order valence-corrected chi connectivity index (χ0v) is 16.6. The first-order valence-corrected chi connectivity index (χ1v) is 7.79. The molecule has 2 heterocycles. The third kappa shape index (κ3) is 5.76. The van der Waals surface area contributed by atoms with E-state index in [9.17, 15) is 0 Å². The number of guanidine groups is 1. The van der Waals surface area contributed by atoms with Gasteiger partial charge in [0.25, 0.3) is 0 Å². The molecule has 1 fully saturated rings. The lowest BCUT2D eigenvalue weighted by Gasteiger charge is -2.32. The Bertz CT molecular complexity index is 518. The molecular weight excluding hydrogens is 405 g/mol. The molecule has 0 radical (unpaired) electrons. The second-order valence-electron chi connectivity index (χ2n) is 5.66. The van der Waals surface area contributed by atoms with E-state index >= 15 is 0 Å². The van der Waals surface area contributed by atoms with Crippen LogP contribution in [-0.4, -0.2) is 58.3 Å². The molecule has 1 aliphatic rings. The Kier molecular flexibility index (Phi) is 8.53. The minimum Gasteiger partial charge on any atom is -0.354 e. The highest BCUT2D eigenvalue weighted by atomic mass is 127. The smallest absolute Gasteiger partial charge is 0.191 e. The quantitative estimate of drug-likeness (QED) is 0.315. The van der Waals surface area contributed by atoms with E-state index < -0.39 is 0 Å². The number of aryl methyl sites for hydroxylation is 1. The minimum absolute atomic E-state index is 0. The van der Waals surface area contributed by atoms with Crippen LogP contribution < -0.4 is 10.6 Å². The zero-order chi connectivity index (χ0) is 15.9. The third-order valence-corrected chi connectivity index (χ3v) is 4.14. The van der Waals surface area contributed by atoms with Crippen molar-refractivity contribution < 1.29 is 0 Å². The summed E-state index contributed by atoms with van der Waals surface area (Å²) in [5, 5.41) is 15.0. The fourth-order valence-corrected chi connectivity index (χ4v) is 2.60. The topological polar surface area (TPSA) is 70.4 Å². The van der Waals surface area contributed by atoms with Crippen molar-refractivity contribution in [1.29, 1.82) is 0 Å². The maximum absolute atomic E-state index is 4.30. The van der Waals surface area contributed by atoms with Crippen molar-refractivity contribution in [1.82, 2.24) is 30.3 Å². The van der Waals surface area contributed by atoms with E-state index in [1.165, 1.54) is 0 Å². The molecule has 1 aromatic rings. The molecule has 7 nitrogen and oxygen atoms in total. The van der Waals surface area contributed by atoms with Gasteiger partial charge in [0, 0.05) is 39.8 Å². The van der Waals surface area contributed by atoms with Crippen molar-refractivity contribution >= 4 is 29.9 Å². The fourth-order valence-electron chi connectivity index (χ4n) is 2.60. The Morgan fingerprint density at radius 1 is 1.39 bits per heavy atom. The predicted molar refractivity (Wildman–Crippen MR) is 104 cm³/mol. The molecule has 0 amide bonds. The van der Waals surface area contributed by atoms with Crippen molar-refractivity contribution in [2.75, 3.05) is 26.7 Å². The number of nitrogens with one attached hydrogen (secondary N) is 2. The number of piperidine rings is 1. The highest BCUT2D eigenvalue weighted by molar-refractivity contribution is 14.0. The second-order valence-corrected chi connectivity index (χ2v) is 5.66. The lowest BCUT2D eigenvalue weighted by molar-refractivity contribution is 0.225. The van der Waals surface area contributed by atoms with E-state index in [2.05, 4.69) is 37.3 Å². The average molecular weight is 433 g/mol. The van der Waals surface area contributed by atoms with Crippen molar-refractivity contribution in [3.8, 4) is 0 Å². The summed E-state index contributed by atoms with van der Waals surface area (Å²) in [6.45, 7) is 9.54. The lowest BCUT2D eigenvalue weighted by atomic mass is 10.1. The Labute approximate surface area is 155 Å². The largest absolute Gasteiger partial charge is 0.354 e. The highest BCUT2D eigenvalue weighted by Gasteiger charge is 2.19. The molecule has 0 atom stereocenters. The van der Waals surface area contributed by atoms with E-state index in [1.54, 1.807) is 7.05 Å². The average Bonchev–Trinajstić information content (AvgIpc) is 2.85. The monoisotopic (exact) mass is 433 g/mol. The second kappa shape index (κ2) is 9.86. The molecule has 0 aromatic carbocycles. The normalized spacial score (nSPS) is 16.7. The molecule has 1 saturated heterocycles. The van der Waals surface area contributed by atoms with Gasteiger partial charge in [0.1, 0.15) is 5.82 Å². The molecule has 0 saturated carbocycles. The molecule has 2 rings (SSSR count). The van der Waals surface area contributed by atoms with Crippen LogP contribution >= 0.6 is 24.0 Å². The first-order valence-electron chi connectivity index (χ1n) is 7.79. The van der Waals surface area contributed by atoms with Crippen LogP contribution in [0.25, 0.3) is 0 Å². The summed E-state index contributed by atoms with van der Waals surface area (Å²) in [6, 6.07) is 0.466. The molecule has 0 spiro atoms. The van der Waals surface area contributed by atoms with Gasteiger partial charge in [0.05, 0.1) is 6.54 Å². The van der Waals surface area contributed by atoms with Crippen molar-refractivity contribution in [3.63, 3.8) is 0 Å². The maximum Gasteiger partial charge on any atom is 0.191 e. The van der Waals surface area contributed by atoms with Crippen LogP contribution in [0.3, 0.4) is 0 Å². The van der Waals surface area contributed by atoms with E-state index in [4.69, 9.17) is 0 Å². The Morgan fingerprint density at radius 3 is 2.61 bits per heavy atom. The standard InChI is InChI=1S/C15H27N7.HI/c1-5-8-22-9-6-13(7-10-22)18-15(16-3)17-11-14-20-19-12(2)21(14)4;/h5,13H,1,6-11H2,2-4H3,(H2,16,17,18);1H. The molecular formula is C15H28IN7. The molecule has 0 aliphatic carbocycles. The summed E-state index contributed by atoms with van der Waals surface area (Å²) in [4.78, 5) is 6.72. The summed E-state index contributed by atoms with van der Waals surface area (Å²) in [7, 11) is 3.77. The van der Waals surface area contributed by atoms with Gasteiger partial charge in [0.15, 0.2) is 11.8 Å². The van der Waals surface area contributed by atoms with Gasteiger partial charge >= 0.3 is 0 Å². The molecule has 23 heavy (non-hydrogen) atoms. The molecule has 1 aromatic heterocycles. The van der Waals surface area contributed by atoms with Gasteiger partial charge in [-0.25, -0.2) is 0 Å². The van der Waals surface area contributed by atoms with Crippen LogP contribution in [0.4, 0.5) is 0 Å². The Balaban J connectivity index is 0.00000264. The van der Waals surface area contributed by atoms with Gasteiger partial charge in [-0.1, -0.05) is 6.08 Å². The van der Waals surface area contributed by atoms with Gasteiger partial charge in [-0.2, -0.15) is 0 Å². The lowest BCUT2D eigenvalue weighted by Crippen LogP contribution is -2.48. The molecule has 8 heteroatoms. The SMILES string of the molecule is C=CCN1CCC(NC(=NC)NCc2nnc(C)n2C)CC1.I. The van der Waals surface area contributed by atoms with Crippen molar-refractivity contribution in [2.45, 2.75) is 32.4 Å². The maximum atomic E-state index is 4.30. The summed E-state index contributed by atoms with van der Waals surface area (Å²) < 4.78 is 1.98. The van der Waals surface area contributed by atoms with Crippen LogP contribution in [0.15, 0.2) is 17.6 Å². The Hall–Kier alpha value is -1.16. The molecule has 130 valence electrons. The van der Waals surface area contributed by atoms with Crippen LogP contribution in [-0.2, 0) is 13.6 Å². The first-order chi connectivity index (χ1) is 10.6. The zero-order valence-electron chi connectivity index (χ0n) is 14.2. The number of nitrogens with zero attached hydrogens (tertiary/aromatic N) is 5. The van der Waals surface area contributed by atoms with Crippen molar-refractivity contribution in [3.05, 3.63) is 24.3 Å². The predicted octanol–water partition coefficient (Wildman–Crippen LogP) is 1.06. The fraction of sp³-hybridized carbons (Fsp3) is 0.667.